The molecule has 0 radical (unpaired) electrons. The van der Waals surface area contributed by atoms with Crippen molar-refractivity contribution in [3.8, 4) is 0 Å². The number of fused-ring (bicyclic) bond motifs is 1. The summed E-state index contributed by atoms with van der Waals surface area (Å²) in [7, 11) is 0. The molecule has 3 N–H and O–H groups in total. The number of hydrogen-bond acceptors (Lipinski definition) is 5. The average Bonchev–Trinajstić information content (AvgIpc) is 3.37. The van der Waals surface area contributed by atoms with Crippen molar-refractivity contribution in [2.75, 3.05) is 6.61 Å². The fraction of sp³-hybridized carbons (Fsp3) is 0.138. The van der Waals surface area contributed by atoms with E-state index in [2.05, 4.69) is 10.6 Å². The second kappa shape index (κ2) is 12.6. The van der Waals surface area contributed by atoms with Gasteiger partial charge in [-0.25, -0.2) is 4.79 Å². The molecular weight excluding hydrogens is 545 g/mol. The molecule has 0 bridgehead atoms. The number of benzene rings is 3. The molecule has 0 aliphatic carbocycles. The van der Waals surface area contributed by atoms with Crippen LogP contribution in [-0.2, 0) is 27.1 Å². The molecule has 0 fully saturated rings. The average molecular weight is 569 g/mol. The van der Waals surface area contributed by atoms with Crippen molar-refractivity contribution >= 4 is 45.3 Å². The van der Waals surface area contributed by atoms with Crippen LogP contribution in [0, 0.1) is 0 Å². The maximum atomic E-state index is 13.2. The lowest BCUT2D eigenvalue weighted by atomic mass is 10.1. The number of carbonyl (C=O) groups is 3. The largest absolute Gasteiger partial charge is 0.480 e. The Morgan fingerprint density at radius 3 is 2.27 bits per heavy atom. The molecule has 1 atom stereocenters. The molecule has 4 aromatic rings. The van der Waals surface area contributed by atoms with Crippen LogP contribution in [0.25, 0.3) is 16.2 Å². The summed E-state index contributed by atoms with van der Waals surface area (Å²) in [6, 6.07) is 20.4. The smallest absolute Gasteiger partial charge is 0.416 e. The third kappa shape index (κ3) is 7.55. The van der Waals surface area contributed by atoms with E-state index in [1.54, 1.807) is 30.3 Å². The first kappa shape index (κ1) is 28.5. The molecule has 11 heteroatoms. The number of carboxylic acids is 1. The lowest BCUT2D eigenvalue weighted by Gasteiger charge is -2.17. The fourth-order valence-corrected chi connectivity index (χ4v) is 4.61. The maximum Gasteiger partial charge on any atom is 0.416 e. The number of rotatable bonds is 10. The number of amides is 2. The molecule has 1 heterocycles. The summed E-state index contributed by atoms with van der Waals surface area (Å²) in [5.41, 5.74) is -0.249. The highest BCUT2D eigenvalue weighted by Gasteiger charge is 2.30. The molecule has 2 amide bonds. The van der Waals surface area contributed by atoms with E-state index >= 15 is 0 Å². The second-order valence-corrected chi connectivity index (χ2v) is 9.73. The highest BCUT2D eigenvalue weighted by Crippen LogP contribution is 2.29. The van der Waals surface area contributed by atoms with Gasteiger partial charge in [0.25, 0.3) is 11.8 Å². The highest BCUT2D eigenvalue weighted by molar-refractivity contribution is 7.20. The molecule has 7 nitrogen and oxygen atoms in total. The van der Waals surface area contributed by atoms with Crippen LogP contribution in [0.3, 0.4) is 0 Å². The molecular formula is C29H23F3N2O5S. The number of hydrogen-bond donors (Lipinski definition) is 3. The van der Waals surface area contributed by atoms with Gasteiger partial charge in [-0.15, -0.1) is 11.3 Å². The fourth-order valence-electron chi connectivity index (χ4n) is 3.65. The Labute approximate surface area is 230 Å². The molecule has 1 aromatic heterocycles. The van der Waals surface area contributed by atoms with Crippen LogP contribution in [0.15, 0.2) is 90.6 Å². The summed E-state index contributed by atoms with van der Waals surface area (Å²) in [6.07, 6.45) is -3.38. The Bertz CT molecular complexity index is 1500. The van der Waals surface area contributed by atoms with Crippen LogP contribution in [0.2, 0.25) is 0 Å². The van der Waals surface area contributed by atoms with Gasteiger partial charge in [-0.05, 0) is 46.9 Å². The number of carboxylic acid groups (broad SMARTS) is 1. The Hall–Kier alpha value is -4.48. The van der Waals surface area contributed by atoms with Gasteiger partial charge in [0.05, 0.1) is 23.7 Å². The number of ether oxygens (including phenoxy) is 1. The van der Waals surface area contributed by atoms with E-state index in [9.17, 15) is 32.7 Å². The van der Waals surface area contributed by atoms with Gasteiger partial charge >= 0.3 is 12.1 Å². The van der Waals surface area contributed by atoms with E-state index in [1.165, 1.54) is 17.4 Å². The van der Waals surface area contributed by atoms with Gasteiger partial charge in [0.1, 0.15) is 5.70 Å². The molecule has 1 unspecified atom stereocenters. The molecule has 4 rings (SSSR count). The predicted molar refractivity (Wildman–Crippen MR) is 144 cm³/mol. The van der Waals surface area contributed by atoms with Crippen molar-refractivity contribution in [2.45, 2.75) is 18.8 Å². The highest BCUT2D eigenvalue weighted by atomic mass is 32.1. The van der Waals surface area contributed by atoms with E-state index in [1.807, 2.05) is 30.3 Å². The molecule has 206 valence electrons. The third-order valence-corrected chi connectivity index (χ3v) is 6.81. The van der Waals surface area contributed by atoms with Gasteiger partial charge in [0, 0.05) is 4.70 Å². The first-order chi connectivity index (χ1) is 19.1. The number of carbonyl (C=O) groups excluding carboxylic acids is 2. The van der Waals surface area contributed by atoms with Crippen LogP contribution >= 0.6 is 11.3 Å². The number of nitrogens with one attached hydrogen (secondary N) is 2. The maximum absolute atomic E-state index is 13.2. The topological polar surface area (TPSA) is 105 Å². The van der Waals surface area contributed by atoms with Gasteiger partial charge in [-0.1, -0.05) is 60.7 Å². The number of halogens is 3. The number of alkyl halides is 3. The Morgan fingerprint density at radius 2 is 1.62 bits per heavy atom. The van der Waals surface area contributed by atoms with E-state index in [0.717, 1.165) is 39.9 Å². The van der Waals surface area contributed by atoms with Crippen molar-refractivity contribution < 1.29 is 37.4 Å². The molecule has 0 aliphatic heterocycles. The van der Waals surface area contributed by atoms with E-state index in [4.69, 9.17) is 4.74 Å². The van der Waals surface area contributed by atoms with Crippen LogP contribution in [0.5, 0.6) is 0 Å². The second-order valence-electron chi connectivity index (χ2n) is 8.65. The minimum atomic E-state index is -4.55. The Morgan fingerprint density at radius 1 is 0.950 bits per heavy atom. The minimum absolute atomic E-state index is 0.109. The molecule has 40 heavy (non-hydrogen) atoms. The zero-order chi connectivity index (χ0) is 28.7. The summed E-state index contributed by atoms with van der Waals surface area (Å²) >= 11 is 1.19. The molecule has 0 saturated heterocycles. The summed E-state index contributed by atoms with van der Waals surface area (Å²) in [5, 5.41) is 15.2. The predicted octanol–water partition coefficient (Wildman–Crippen LogP) is 5.48. The van der Waals surface area contributed by atoms with Gasteiger partial charge in [-0.3, -0.25) is 9.59 Å². The van der Waals surface area contributed by atoms with E-state index in [0.29, 0.717) is 0 Å². The summed E-state index contributed by atoms with van der Waals surface area (Å²) in [6.45, 7) is -0.259. The van der Waals surface area contributed by atoms with E-state index in [-0.39, 0.29) is 29.4 Å². The van der Waals surface area contributed by atoms with Crippen molar-refractivity contribution in [1.82, 2.24) is 10.6 Å². The lowest BCUT2D eigenvalue weighted by molar-refractivity contribution is -0.143. The first-order valence-corrected chi connectivity index (χ1v) is 12.8. The standard InChI is InChI=1S/C29H23F3N2O5S/c30-29(31,32)21-12-10-18(11-13-21)14-22(33-27(36)25-15-20-8-4-5-9-24(20)40-25)26(35)34-23(28(37)38)17-39-16-19-6-2-1-3-7-19/h1-15,23H,16-17H2,(H,33,36)(H,34,35)(H,37,38). The third-order valence-electron chi connectivity index (χ3n) is 5.69. The van der Waals surface area contributed by atoms with Crippen molar-refractivity contribution in [3.63, 3.8) is 0 Å². The van der Waals surface area contributed by atoms with Gasteiger partial charge in [-0.2, -0.15) is 13.2 Å². The lowest BCUT2D eigenvalue weighted by Crippen LogP contribution is -2.46. The zero-order valence-corrected chi connectivity index (χ0v) is 21.6. The monoisotopic (exact) mass is 568 g/mol. The zero-order valence-electron chi connectivity index (χ0n) is 20.8. The molecule has 0 spiro atoms. The number of thiophene rings is 1. The quantitative estimate of drug-likeness (QED) is 0.220. The first-order valence-electron chi connectivity index (χ1n) is 11.9. The molecule has 0 aliphatic rings. The van der Waals surface area contributed by atoms with Gasteiger partial charge in [0.15, 0.2) is 6.04 Å². The summed E-state index contributed by atoms with van der Waals surface area (Å²) in [4.78, 5) is 38.3. The van der Waals surface area contributed by atoms with Crippen LogP contribution in [0.1, 0.15) is 26.4 Å². The van der Waals surface area contributed by atoms with Crippen molar-refractivity contribution in [1.29, 1.82) is 0 Å². The normalized spacial score (nSPS) is 12.6. The molecule has 3 aromatic carbocycles. The Kier molecular flexibility index (Phi) is 8.97. The van der Waals surface area contributed by atoms with Crippen LogP contribution < -0.4 is 10.6 Å². The SMILES string of the molecule is O=C(NC(COCc1ccccc1)C(=O)O)C(=Cc1ccc(C(F)(F)F)cc1)NC(=O)c1cc2ccccc2s1. The van der Waals surface area contributed by atoms with Gasteiger partial charge in [0.2, 0.25) is 0 Å². The van der Waals surface area contributed by atoms with Crippen molar-refractivity contribution in [3.05, 3.63) is 112 Å². The summed E-state index contributed by atoms with van der Waals surface area (Å²) < 4.78 is 45.3. The van der Waals surface area contributed by atoms with Crippen LogP contribution in [0.4, 0.5) is 13.2 Å². The Balaban J connectivity index is 1.55. The van der Waals surface area contributed by atoms with Crippen molar-refractivity contribution in [2.24, 2.45) is 0 Å². The van der Waals surface area contributed by atoms with Crippen LogP contribution in [-0.4, -0.2) is 35.5 Å². The minimum Gasteiger partial charge on any atom is -0.480 e. The molecule has 0 saturated carbocycles. The van der Waals surface area contributed by atoms with Gasteiger partial charge < -0.3 is 20.5 Å². The summed E-state index contributed by atoms with van der Waals surface area (Å²) in [5.74, 6) is -2.96. The van der Waals surface area contributed by atoms with E-state index < -0.39 is 35.6 Å². The number of aliphatic carboxylic acids is 1.